The van der Waals surface area contributed by atoms with Crippen LogP contribution in [0.4, 0.5) is 0 Å². The molecule has 2 aromatic rings. The highest BCUT2D eigenvalue weighted by Gasteiger charge is 2.06. The molecule has 2 rings (SSSR count). The highest BCUT2D eigenvalue weighted by molar-refractivity contribution is 9.10. The third kappa shape index (κ3) is 4.27. The van der Waals surface area contributed by atoms with Crippen LogP contribution >= 0.6 is 27.7 Å². The van der Waals surface area contributed by atoms with Gasteiger partial charge in [0.1, 0.15) is 5.75 Å². The Morgan fingerprint density at radius 3 is 2.70 bits per heavy atom. The second-order valence-electron chi connectivity index (χ2n) is 4.73. The number of benzene rings is 2. The molecule has 0 bridgehead atoms. The fraction of sp³-hybridized carbons (Fsp3) is 0.250. The van der Waals surface area contributed by atoms with Gasteiger partial charge in [-0.25, -0.2) is 0 Å². The van der Waals surface area contributed by atoms with E-state index in [0.717, 1.165) is 21.5 Å². The highest BCUT2D eigenvalue weighted by atomic mass is 79.9. The Kier molecular flexibility index (Phi) is 5.52. The molecule has 0 heterocycles. The highest BCUT2D eigenvalue weighted by Crippen LogP contribution is 2.35. The minimum atomic E-state index is 0.179. The Hall–Kier alpha value is -0.970. The van der Waals surface area contributed by atoms with E-state index in [1.165, 1.54) is 10.5 Å². The molecule has 0 radical (unpaired) electrons. The lowest BCUT2D eigenvalue weighted by atomic mass is 10.1. The van der Waals surface area contributed by atoms with Crippen molar-refractivity contribution >= 4 is 27.7 Å². The van der Waals surface area contributed by atoms with Crippen molar-refractivity contribution in [1.29, 1.82) is 0 Å². The molecule has 0 fully saturated rings. The van der Waals surface area contributed by atoms with Gasteiger partial charge in [-0.1, -0.05) is 23.9 Å². The molecule has 20 heavy (non-hydrogen) atoms. The number of ether oxygens (including phenoxy) is 1. The fourth-order valence-electron chi connectivity index (χ4n) is 1.92. The Bertz CT molecular complexity index is 586. The average molecular weight is 352 g/mol. The van der Waals surface area contributed by atoms with Crippen molar-refractivity contribution in [2.75, 3.05) is 7.11 Å². The van der Waals surface area contributed by atoms with Crippen LogP contribution < -0.4 is 10.5 Å². The summed E-state index contributed by atoms with van der Waals surface area (Å²) in [6.07, 6.45) is 0.892. The summed E-state index contributed by atoms with van der Waals surface area (Å²) in [6.45, 7) is 2.02. The molecule has 0 aliphatic heterocycles. The van der Waals surface area contributed by atoms with Gasteiger partial charge in [-0.05, 0) is 65.2 Å². The molecule has 0 aliphatic carbocycles. The minimum Gasteiger partial charge on any atom is -0.497 e. The molecule has 1 atom stereocenters. The molecular weight excluding hydrogens is 334 g/mol. The van der Waals surface area contributed by atoms with E-state index in [-0.39, 0.29) is 6.04 Å². The molecule has 0 saturated heterocycles. The van der Waals surface area contributed by atoms with Crippen LogP contribution in [0.3, 0.4) is 0 Å². The summed E-state index contributed by atoms with van der Waals surface area (Å²) in [4.78, 5) is 2.34. The van der Waals surface area contributed by atoms with E-state index < -0.39 is 0 Å². The minimum absolute atomic E-state index is 0.179. The number of rotatable bonds is 5. The molecule has 4 heteroatoms. The van der Waals surface area contributed by atoms with Gasteiger partial charge >= 0.3 is 0 Å². The molecular formula is C16H18BrNOS. The van der Waals surface area contributed by atoms with E-state index in [1.807, 2.05) is 25.1 Å². The molecule has 1 unspecified atom stereocenters. The SMILES string of the molecule is COc1cccc(Sc2ccc(CC(C)N)cc2Br)c1. The van der Waals surface area contributed by atoms with E-state index >= 15 is 0 Å². The van der Waals surface area contributed by atoms with Crippen molar-refractivity contribution < 1.29 is 4.74 Å². The van der Waals surface area contributed by atoms with Gasteiger partial charge in [0.2, 0.25) is 0 Å². The topological polar surface area (TPSA) is 35.2 Å². The molecule has 0 saturated carbocycles. The third-order valence-electron chi connectivity index (χ3n) is 2.82. The number of halogens is 1. The summed E-state index contributed by atoms with van der Waals surface area (Å²) in [6, 6.07) is 14.7. The van der Waals surface area contributed by atoms with Crippen molar-refractivity contribution in [1.82, 2.24) is 0 Å². The average Bonchev–Trinajstić information content (AvgIpc) is 2.41. The van der Waals surface area contributed by atoms with Crippen LogP contribution in [0.2, 0.25) is 0 Å². The molecule has 0 aromatic heterocycles. The summed E-state index contributed by atoms with van der Waals surface area (Å²) in [5.74, 6) is 0.875. The van der Waals surface area contributed by atoms with Gasteiger partial charge in [-0.3, -0.25) is 0 Å². The van der Waals surface area contributed by atoms with Crippen LogP contribution in [-0.4, -0.2) is 13.2 Å². The van der Waals surface area contributed by atoms with Crippen molar-refractivity contribution in [2.45, 2.75) is 29.2 Å². The summed E-state index contributed by atoms with van der Waals surface area (Å²) < 4.78 is 6.35. The van der Waals surface area contributed by atoms with Crippen molar-refractivity contribution in [3.8, 4) is 5.75 Å². The zero-order valence-corrected chi connectivity index (χ0v) is 14.0. The molecule has 106 valence electrons. The van der Waals surface area contributed by atoms with Gasteiger partial charge in [0.25, 0.3) is 0 Å². The van der Waals surface area contributed by atoms with Gasteiger partial charge in [0, 0.05) is 20.3 Å². The zero-order valence-electron chi connectivity index (χ0n) is 11.6. The largest absolute Gasteiger partial charge is 0.497 e. The molecule has 0 spiro atoms. The van der Waals surface area contributed by atoms with Crippen LogP contribution in [-0.2, 0) is 6.42 Å². The Morgan fingerprint density at radius 2 is 2.05 bits per heavy atom. The quantitative estimate of drug-likeness (QED) is 0.861. The second-order valence-corrected chi connectivity index (χ2v) is 6.70. The van der Waals surface area contributed by atoms with Crippen molar-refractivity contribution in [3.05, 3.63) is 52.5 Å². The van der Waals surface area contributed by atoms with Gasteiger partial charge in [0.15, 0.2) is 0 Å². The first kappa shape index (κ1) is 15.4. The van der Waals surface area contributed by atoms with Gasteiger partial charge in [-0.2, -0.15) is 0 Å². The molecule has 0 aliphatic rings. The number of nitrogens with two attached hydrogens (primary N) is 1. The summed E-state index contributed by atoms with van der Waals surface area (Å²) >= 11 is 5.35. The molecule has 0 amide bonds. The van der Waals surface area contributed by atoms with Crippen molar-refractivity contribution in [2.24, 2.45) is 5.73 Å². The standard InChI is InChI=1S/C16H18BrNOS/c1-11(18)8-12-6-7-16(15(17)9-12)20-14-5-3-4-13(10-14)19-2/h3-7,9-11H,8,18H2,1-2H3. The Morgan fingerprint density at radius 1 is 1.25 bits per heavy atom. The maximum absolute atomic E-state index is 5.83. The number of methoxy groups -OCH3 is 1. The van der Waals surface area contributed by atoms with E-state index in [0.29, 0.717) is 0 Å². The summed E-state index contributed by atoms with van der Waals surface area (Å²) in [7, 11) is 1.68. The number of hydrogen-bond acceptors (Lipinski definition) is 3. The maximum atomic E-state index is 5.83. The Balaban J connectivity index is 2.16. The maximum Gasteiger partial charge on any atom is 0.119 e. The van der Waals surface area contributed by atoms with Crippen LogP contribution in [0.5, 0.6) is 5.75 Å². The Labute approximate surface area is 132 Å². The third-order valence-corrected chi connectivity index (χ3v) is 4.81. The zero-order chi connectivity index (χ0) is 14.5. The molecule has 2 N–H and O–H groups in total. The van der Waals surface area contributed by atoms with Crippen LogP contribution in [0.25, 0.3) is 0 Å². The van der Waals surface area contributed by atoms with Crippen molar-refractivity contribution in [3.63, 3.8) is 0 Å². The van der Waals surface area contributed by atoms with Gasteiger partial charge < -0.3 is 10.5 Å². The van der Waals surface area contributed by atoms with Gasteiger partial charge in [-0.15, -0.1) is 0 Å². The smallest absolute Gasteiger partial charge is 0.119 e. The van der Waals surface area contributed by atoms with Gasteiger partial charge in [0.05, 0.1) is 7.11 Å². The fourth-order valence-corrected chi connectivity index (χ4v) is 3.45. The first-order chi connectivity index (χ1) is 9.58. The lowest BCUT2D eigenvalue weighted by molar-refractivity contribution is 0.413. The second kappa shape index (κ2) is 7.16. The summed E-state index contributed by atoms with van der Waals surface area (Å²) in [5.41, 5.74) is 7.09. The molecule has 2 nitrogen and oxygen atoms in total. The predicted molar refractivity (Wildman–Crippen MR) is 88.6 cm³/mol. The van der Waals surface area contributed by atoms with Crippen LogP contribution in [0.15, 0.2) is 56.7 Å². The first-order valence-electron chi connectivity index (χ1n) is 6.44. The lowest BCUT2D eigenvalue weighted by Crippen LogP contribution is -2.17. The lowest BCUT2D eigenvalue weighted by Gasteiger charge is -2.09. The first-order valence-corrected chi connectivity index (χ1v) is 8.05. The van der Waals surface area contributed by atoms with E-state index in [2.05, 4.69) is 40.2 Å². The monoisotopic (exact) mass is 351 g/mol. The van der Waals surface area contributed by atoms with Crippen LogP contribution in [0, 0.1) is 0 Å². The molecule has 2 aromatic carbocycles. The van der Waals surface area contributed by atoms with Crippen LogP contribution in [0.1, 0.15) is 12.5 Å². The van der Waals surface area contributed by atoms with E-state index in [4.69, 9.17) is 10.5 Å². The summed E-state index contributed by atoms with van der Waals surface area (Å²) in [5, 5.41) is 0. The normalized spacial score (nSPS) is 12.2. The number of hydrogen-bond donors (Lipinski definition) is 1. The van der Waals surface area contributed by atoms with E-state index in [9.17, 15) is 0 Å². The predicted octanol–water partition coefficient (Wildman–Crippen LogP) is 4.50. The van der Waals surface area contributed by atoms with E-state index in [1.54, 1.807) is 18.9 Å².